The molecule has 158 valence electrons. The van der Waals surface area contributed by atoms with Crippen LogP contribution in [-0.4, -0.2) is 44.3 Å². The highest BCUT2D eigenvalue weighted by atomic mass is 16.5. The lowest BCUT2D eigenvalue weighted by Gasteiger charge is -2.29. The minimum atomic E-state index is -0.250. The number of imidazole rings is 1. The Morgan fingerprint density at radius 2 is 1.80 bits per heavy atom. The number of carboxylic acid groups (broad SMARTS) is 1. The zero-order chi connectivity index (χ0) is 21.2. The number of nitrogens with zero attached hydrogens (tertiary/aromatic N) is 4. The number of ether oxygens (including phenoxy) is 1. The third-order valence-electron chi connectivity index (χ3n) is 5.24. The van der Waals surface area contributed by atoms with Gasteiger partial charge in [0.15, 0.2) is 0 Å². The van der Waals surface area contributed by atoms with E-state index in [-0.39, 0.29) is 6.47 Å². The van der Waals surface area contributed by atoms with Crippen molar-refractivity contribution in [3.05, 3.63) is 60.7 Å². The van der Waals surface area contributed by atoms with Gasteiger partial charge in [-0.1, -0.05) is 30.3 Å². The molecule has 0 aliphatic heterocycles. The molecule has 1 saturated carbocycles. The Bertz CT molecular complexity index is 891. The van der Waals surface area contributed by atoms with E-state index >= 15 is 0 Å². The summed E-state index contributed by atoms with van der Waals surface area (Å²) in [6.07, 6.45) is 12.4. The molecule has 0 amide bonds. The van der Waals surface area contributed by atoms with Crippen molar-refractivity contribution >= 4 is 12.4 Å². The molecule has 2 heterocycles. The van der Waals surface area contributed by atoms with Gasteiger partial charge in [-0.25, -0.2) is 15.0 Å². The lowest BCUT2D eigenvalue weighted by molar-refractivity contribution is -0.122. The van der Waals surface area contributed by atoms with E-state index in [4.69, 9.17) is 14.6 Å². The normalized spacial score (nSPS) is 18.2. The highest BCUT2D eigenvalue weighted by Gasteiger charge is 2.24. The van der Waals surface area contributed by atoms with Gasteiger partial charge >= 0.3 is 0 Å². The fourth-order valence-electron chi connectivity index (χ4n) is 3.70. The molecule has 4 rings (SSSR count). The summed E-state index contributed by atoms with van der Waals surface area (Å²) in [6.45, 7) is 0.456. The standard InChI is InChI=1S/C21H25N5O.CH2O2/c1-27-19-9-7-18(8-10-19)26-12-11-22-20(26)17-14-24-21(25-15-17)23-13-16-5-3-2-4-6-16;2-1-3/h2-6,11-12,14-15,18-19H,7-10,13H2,1H3,(H,23,24,25);1H,(H,2,3). The maximum Gasteiger partial charge on any atom is 0.290 e. The maximum absolute atomic E-state index is 8.36. The summed E-state index contributed by atoms with van der Waals surface area (Å²) in [5.74, 6) is 1.56. The van der Waals surface area contributed by atoms with Crippen molar-refractivity contribution in [1.29, 1.82) is 0 Å². The van der Waals surface area contributed by atoms with Gasteiger partial charge in [0.1, 0.15) is 5.82 Å². The second kappa shape index (κ2) is 11.1. The second-order valence-electron chi connectivity index (χ2n) is 7.06. The Morgan fingerprint density at radius 1 is 1.13 bits per heavy atom. The van der Waals surface area contributed by atoms with E-state index < -0.39 is 0 Å². The zero-order valence-corrected chi connectivity index (χ0v) is 17.0. The fraction of sp³-hybridized carbons (Fsp3) is 0.364. The van der Waals surface area contributed by atoms with Crippen LogP contribution in [0, 0.1) is 0 Å². The van der Waals surface area contributed by atoms with Crippen LogP contribution in [0.25, 0.3) is 11.4 Å². The molecular formula is C22H27N5O3. The van der Waals surface area contributed by atoms with Crippen molar-refractivity contribution in [2.24, 2.45) is 0 Å². The van der Waals surface area contributed by atoms with E-state index in [2.05, 4.69) is 43.2 Å². The number of carbonyl (C=O) groups is 1. The van der Waals surface area contributed by atoms with Gasteiger partial charge in [-0.05, 0) is 31.2 Å². The molecule has 0 saturated heterocycles. The number of aromatic nitrogens is 4. The van der Waals surface area contributed by atoms with Crippen molar-refractivity contribution in [2.45, 2.75) is 44.4 Å². The molecule has 1 fully saturated rings. The van der Waals surface area contributed by atoms with Crippen LogP contribution in [0.4, 0.5) is 5.95 Å². The van der Waals surface area contributed by atoms with Crippen molar-refractivity contribution in [3.8, 4) is 11.4 Å². The highest BCUT2D eigenvalue weighted by Crippen LogP contribution is 2.32. The SMILES string of the molecule is COC1CCC(n2ccnc2-c2cnc(NCc3ccccc3)nc2)CC1.O=CO. The van der Waals surface area contributed by atoms with E-state index in [9.17, 15) is 0 Å². The molecule has 3 aromatic rings. The van der Waals surface area contributed by atoms with E-state index in [1.54, 1.807) is 7.11 Å². The number of methoxy groups -OCH3 is 1. The van der Waals surface area contributed by atoms with Crippen LogP contribution >= 0.6 is 0 Å². The van der Waals surface area contributed by atoms with Crippen LogP contribution in [-0.2, 0) is 16.1 Å². The fourth-order valence-corrected chi connectivity index (χ4v) is 3.70. The largest absolute Gasteiger partial charge is 0.483 e. The van der Waals surface area contributed by atoms with Gasteiger partial charge in [0.25, 0.3) is 6.47 Å². The van der Waals surface area contributed by atoms with Crippen LogP contribution in [0.5, 0.6) is 0 Å². The van der Waals surface area contributed by atoms with Gasteiger partial charge in [0.2, 0.25) is 5.95 Å². The predicted molar refractivity (Wildman–Crippen MR) is 114 cm³/mol. The average Bonchev–Trinajstić information content (AvgIpc) is 3.29. The molecule has 30 heavy (non-hydrogen) atoms. The maximum atomic E-state index is 8.36. The van der Waals surface area contributed by atoms with Gasteiger partial charge in [-0.2, -0.15) is 0 Å². The number of hydrogen-bond donors (Lipinski definition) is 2. The Kier molecular flexibility index (Phi) is 7.91. The second-order valence-corrected chi connectivity index (χ2v) is 7.06. The van der Waals surface area contributed by atoms with E-state index in [1.807, 2.05) is 36.8 Å². The van der Waals surface area contributed by atoms with E-state index in [0.717, 1.165) is 37.1 Å². The van der Waals surface area contributed by atoms with Gasteiger partial charge < -0.3 is 19.7 Å². The first-order chi connectivity index (χ1) is 14.7. The minimum Gasteiger partial charge on any atom is -0.483 e. The lowest BCUT2D eigenvalue weighted by atomic mass is 9.92. The smallest absolute Gasteiger partial charge is 0.290 e. The molecule has 2 aromatic heterocycles. The number of benzene rings is 1. The first kappa shape index (κ1) is 21.4. The average molecular weight is 409 g/mol. The molecule has 8 heteroatoms. The Balaban J connectivity index is 0.000000806. The summed E-state index contributed by atoms with van der Waals surface area (Å²) in [6, 6.07) is 10.7. The van der Waals surface area contributed by atoms with Crippen LogP contribution in [0.3, 0.4) is 0 Å². The zero-order valence-electron chi connectivity index (χ0n) is 17.0. The minimum absolute atomic E-state index is 0.250. The van der Waals surface area contributed by atoms with Gasteiger partial charge in [0, 0.05) is 44.5 Å². The quantitative estimate of drug-likeness (QED) is 0.597. The summed E-state index contributed by atoms with van der Waals surface area (Å²) >= 11 is 0. The molecule has 8 nitrogen and oxygen atoms in total. The molecule has 0 unspecified atom stereocenters. The van der Waals surface area contributed by atoms with Crippen molar-refractivity contribution in [3.63, 3.8) is 0 Å². The van der Waals surface area contributed by atoms with Gasteiger partial charge in [-0.3, -0.25) is 4.79 Å². The summed E-state index contributed by atoms with van der Waals surface area (Å²) in [4.78, 5) is 21.8. The number of hydrogen-bond acceptors (Lipinski definition) is 6. The third-order valence-corrected chi connectivity index (χ3v) is 5.24. The Morgan fingerprint density at radius 3 is 2.43 bits per heavy atom. The molecule has 0 bridgehead atoms. The molecule has 0 spiro atoms. The predicted octanol–water partition coefficient (Wildman–Crippen LogP) is 3.78. The van der Waals surface area contributed by atoms with E-state index in [1.165, 1.54) is 5.56 Å². The summed E-state index contributed by atoms with van der Waals surface area (Å²) in [5, 5.41) is 10.1. The first-order valence-electron chi connectivity index (χ1n) is 9.98. The monoisotopic (exact) mass is 409 g/mol. The van der Waals surface area contributed by atoms with E-state index in [0.29, 0.717) is 24.6 Å². The van der Waals surface area contributed by atoms with Crippen LogP contribution in [0.15, 0.2) is 55.1 Å². The summed E-state index contributed by atoms with van der Waals surface area (Å²) < 4.78 is 7.75. The molecule has 1 aliphatic rings. The molecule has 0 atom stereocenters. The number of anilines is 1. The molecule has 1 aliphatic carbocycles. The van der Waals surface area contributed by atoms with Crippen LogP contribution in [0.1, 0.15) is 37.3 Å². The van der Waals surface area contributed by atoms with Crippen LogP contribution < -0.4 is 5.32 Å². The third kappa shape index (κ3) is 5.64. The first-order valence-corrected chi connectivity index (χ1v) is 9.98. The summed E-state index contributed by atoms with van der Waals surface area (Å²) in [7, 11) is 1.80. The summed E-state index contributed by atoms with van der Waals surface area (Å²) in [5.41, 5.74) is 2.14. The number of nitrogens with one attached hydrogen (secondary N) is 1. The van der Waals surface area contributed by atoms with Crippen molar-refractivity contribution in [1.82, 2.24) is 19.5 Å². The van der Waals surface area contributed by atoms with Crippen molar-refractivity contribution in [2.75, 3.05) is 12.4 Å². The molecular weight excluding hydrogens is 382 g/mol. The molecule has 0 radical (unpaired) electrons. The highest BCUT2D eigenvalue weighted by molar-refractivity contribution is 5.54. The van der Waals surface area contributed by atoms with Gasteiger partial charge in [-0.15, -0.1) is 0 Å². The van der Waals surface area contributed by atoms with Crippen molar-refractivity contribution < 1.29 is 14.6 Å². The topological polar surface area (TPSA) is 102 Å². The van der Waals surface area contributed by atoms with Crippen LogP contribution in [0.2, 0.25) is 0 Å². The van der Waals surface area contributed by atoms with Gasteiger partial charge in [0.05, 0.1) is 11.7 Å². The Hall–Kier alpha value is -3.26. The lowest BCUT2D eigenvalue weighted by Crippen LogP contribution is -2.22. The Labute approximate surface area is 176 Å². The molecule has 2 N–H and O–H groups in total. The molecule has 1 aromatic carbocycles. The number of rotatable bonds is 6.